The van der Waals surface area contributed by atoms with E-state index >= 15 is 0 Å². The van der Waals surface area contributed by atoms with Gasteiger partial charge in [-0.1, -0.05) is 12.1 Å². The minimum Gasteiger partial charge on any atom is -0.497 e. The molecule has 0 heterocycles. The van der Waals surface area contributed by atoms with E-state index < -0.39 is 0 Å². The summed E-state index contributed by atoms with van der Waals surface area (Å²) in [5, 5.41) is 2.86. The zero-order chi connectivity index (χ0) is 15.9. The van der Waals surface area contributed by atoms with E-state index in [1.54, 1.807) is 25.3 Å². The summed E-state index contributed by atoms with van der Waals surface area (Å²) in [5.41, 5.74) is 7.83. The molecule has 0 saturated carbocycles. The molecule has 0 aliphatic heterocycles. The van der Waals surface area contributed by atoms with Crippen LogP contribution in [0.3, 0.4) is 0 Å². The van der Waals surface area contributed by atoms with Crippen LogP contribution in [-0.4, -0.2) is 19.6 Å². The van der Waals surface area contributed by atoms with Gasteiger partial charge in [-0.3, -0.25) is 4.79 Å². The molecule has 0 unspecified atom stereocenters. The number of nitrogen functional groups attached to an aromatic ring is 1. The molecular formula is C17H20N2O3. The van der Waals surface area contributed by atoms with E-state index in [2.05, 4.69) is 5.32 Å². The highest BCUT2D eigenvalue weighted by Gasteiger charge is 2.08. The van der Waals surface area contributed by atoms with Gasteiger partial charge < -0.3 is 20.5 Å². The number of anilines is 1. The van der Waals surface area contributed by atoms with Crippen molar-refractivity contribution in [1.82, 2.24) is 5.32 Å². The third kappa shape index (κ3) is 3.91. The van der Waals surface area contributed by atoms with Gasteiger partial charge in [-0.05, 0) is 42.8 Å². The summed E-state index contributed by atoms with van der Waals surface area (Å²) in [5.74, 6) is 1.20. The maximum absolute atomic E-state index is 12.1. The van der Waals surface area contributed by atoms with Crippen molar-refractivity contribution in [3.8, 4) is 11.5 Å². The minimum absolute atomic E-state index is 0.175. The summed E-state index contributed by atoms with van der Waals surface area (Å²) in [6.07, 6.45) is 0. The van der Waals surface area contributed by atoms with Gasteiger partial charge in [0.2, 0.25) is 0 Å². The monoisotopic (exact) mass is 300 g/mol. The Bertz CT molecular complexity index is 639. The Morgan fingerprint density at radius 2 is 1.91 bits per heavy atom. The van der Waals surface area contributed by atoms with Crippen LogP contribution in [0.4, 0.5) is 5.69 Å². The quantitative estimate of drug-likeness (QED) is 0.804. The number of amides is 1. The van der Waals surface area contributed by atoms with Crippen molar-refractivity contribution in [2.75, 3.05) is 19.5 Å². The Morgan fingerprint density at radius 3 is 2.50 bits per heavy atom. The van der Waals surface area contributed by atoms with Gasteiger partial charge in [-0.2, -0.15) is 0 Å². The molecule has 2 aromatic rings. The molecule has 22 heavy (non-hydrogen) atoms. The number of carbonyl (C=O) groups excluding carboxylic acids is 1. The molecule has 0 aromatic heterocycles. The largest absolute Gasteiger partial charge is 0.497 e. The fourth-order valence-electron chi connectivity index (χ4n) is 2.00. The summed E-state index contributed by atoms with van der Waals surface area (Å²) in [6, 6.07) is 12.6. The molecule has 5 nitrogen and oxygen atoms in total. The molecule has 2 aromatic carbocycles. The first-order chi connectivity index (χ1) is 10.6. The summed E-state index contributed by atoms with van der Waals surface area (Å²) in [6.45, 7) is 2.86. The van der Waals surface area contributed by atoms with Gasteiger partial charge in [0.15, 0.2) is 0 Å². The van der Waals surface area contributed by atoms with Crippen LogP contribution >= 0.6 is 0 Å². The van der Waals surface area contributed by atoms with Crippen LogP contribution < -0.4 is 20.5 Å². The van der Waals surface area contributed by atoms with E-state index in [-0.39, 0.29) is 5.91 Å². The van der Waals surface area contributed by atoms with Crippen molar-refractivity contribution in [1.29, 1.82) is 0 Å². The number of hydrogen-bond acceptors (Lipinski definition) is 4. The molecule has 3 N–H and O–H groups in total. The second-order valence-electron chi connectivity index (χ2n) is 4.72. The smallest absolute Gasteiger partial charge is 0.251 e. The molecule has 0 aliphatic carbocycles. The molecular weight excluding hydrogens is 280 g/mol. The molecule has 2 rings (SSSR count). The van der Waals surface area contributed by atoms with Crippen molar-refractivity contribution in [2.45, 2.75) is 13.5 Å². The number of rotatable bonds is 6. The zero-order valence-corrected chi connectivity index (χ0v) is 12.8. The fourth-order valence-corrected chi connectivity index (χ4v) is 2.00. The van der Waals surface area contributed by atoms with E-state index in [9.17, 15) is 4.79 Å². The van der Waals surface area contributed by atoms with Gasteiger partial charge >= 0.3 is 0 Å². The number of ether oxygens (including phenoxy) is 2. The number of nitrogens with one attached hydrogen (secondary N) is 1. The standard InChI is InChI=1S/C17H20N2O3/c1-3-22-16-9-6-13(10-15(16)18)17(20)19-11-12-4-7-14(21-2)8-5-12/h4-10H,3,11,18H2,1-2H3,(H,19,20). The molecule has 0 spiro atoms. The van der Waals surface area contributed by atoms with Crippen LogP contribution in [0.15, 0.2) is 42.5 Å². The van der Waals surface area contributed by atoms with Gasteiger partial charge in [0.05, 0.1) is 19.4 Å². The van der Waals surface area contributed by atoms with E-state index in [0.717, 1.165) is 11.3 Å². The van der Waals surface area contributed by atoms with Crippen molar-refractivity contribution in [2.24, 2.45) is 0 Å². The van der Waals surface area contributed by atoms with Gasteiger partial charge in [0.25, 0.3) is 5.91 Å². The first-order valence-corrected chi connectivity index (χ1v) is 7.07. The SMILES string of the molecule is CCOc1ccc(C(=O)NCc2ccc(OC)cc2)cc1N. The number of hydrogen-bond donors (Lipinski definition) is 2. The fraction of sp³-hybridized carbons (Fsp3) is 0.235. The lowest BCUT2D eigenvalue weighted by Gasteiger charge is -2.10. The normalized spacial score (nSPS) is 10.1. The Hall–Kier alpha value is -2.69. The number of nitrogens with two attached hydrogens (primary N) is 1. The molecule has 1 amide bonds. The Kier molecular flexibility index (Phi) is 5.25. The van der Waals surface area contributed by atoms with Crippen LogP contribution in [0.25, 0.3) is 0 Å². The predicted octanol–water partition coefficient (Wildman–Crippen LogP) is 2.61. The molecule has 0 atom stereocenters. The van der Waals surface area contributed by atoms with Crippen LogP contribution in [0.5, 0.6) is 11.5 Å². The third-order valence-electron chi connectivity index (χ3n) is 3.18. The van der Waals surface area contributed by atoms with Crippen LogP contribution in [0.2, 0.25) is 0 Å². The molecule has 116 valence electrons. The van der Waals surface area contributed by atoms with Crippen molar-refractivity contribution in [3.63, 3.8) is 0 Å². The summed E-state index contributed by atoms with van der Waals surface area (Å²) < 4.78 is 10.4. The predicted molar refractivity (Wildman–Crippen MR) is 86.2 cm³/mol. The number of methoxy groups -OCH3 is 1. The zero-order valence-electron chi connectivity index (χ0n) is 12.8. The van der Waals surface area contributed by atoms with Gasteiger partial charge in [-0.15, -0.1) is 0 Å². The Balaban J connectivity index is 1.98. The first kappa shape index (κ1) is 15.7. The lowest BCUT2D eigenvalue weighted by atomic mass is 10.1. The van der Waals surface area contributed by atoms with E-state index in [4.69, 9.17) is 15.2 Å². The summed E-state index contributed by atoms with van der Waals surface area (Å²) in [4.78, 5) is 12.1. The lowest BCUT2D eigenvalue weighted by Crippen LogP contribution is -2.22. The molecule has 0 radical (unpaired) electrons. The van der Waals surface area contributed by atoms with E-state index in [1.165, 1.54) is 0 Å². The molecule has 0 fully saturated rings. The lowest BCUT2D eigenvalue weighted by molar-refractivity contribution is 0.0951. The molecule has 0 saturated heterocycles. The van der Waals surface area contributed by atoms with Crippen molar-refractivity contribution in [3.05, 3.63) is 53.6 Å². The van der Waals surface area contributed by atoms with Gasteiger partial charge in [0.1, 0.15) is 11.5 Å². The maximum Gasteiger partial charge on any atom is 0.251 e. The molecule has 0 aliphatic rings. The first-order valence-electron chi connectivity index (χ1n) is 7.07. The average molecular weight is 300 g/mol. The van der Waals surface area contributed by atoms with Crippen molar-refractivity contribution < 1.29 is 14.3 Å². The topological polar surface area (TPSA) is 73.6 Å². The highest BCUT2D eigenvalue weighted by Crippen LogP contribution is 2.22. The van der Waals surface area contributed by atoms with Gasteiger partial charge in [0, 0.05) is 12.1 Å². The third-order valence-corrected chi connectivity index (χ3v) is 3.18. The number of benzene rings is 2. The highest BCUT2D eigenvalue weighted by molar-refractivity contribution is 5.95. The highest BCUT2D eigenvalue weighted by atomic mass is 16.5. The number of carbonyl (C=O) groups is 1. The Morgan fingerprint density at radius 1 is 1.18 bits per heavy atom. The minimum atomic E-state index is -0.175. The second kappa shape index (κ2) is 7.36. The van der Waals surface area contributed by atoms with E-state index in [1.807, 2.05) is 31.2 Å². The van der Waals surface area contributed by atoms with E-state index in [0.29, 0.717) is 30.2 Å². The molecule has 0 bridgehead atoms. The average Bonchev–Trinajstić information content (AvgIpc) is 2.55. The Labute approximate surface area is 130 Å². The van der Waals surface area contributed by atoms with Crippen molar-refractivity contribution >= 4 is 11.6 Å². The van der Waals surface area contributed by atoms with Crippen LogP contribution in [0.1, 0.15) is 22.8 Å². The maximum atomic E-state index is 12.1. The summed E-state index contributed by atoms with van der Waals surface area (Å²) >= 11 is 0. The molecule has 5 heteroatoms. The van der Waals surface area contributed by atoms with Gasteiger partial charge in [-0.25, -0.2) is 0 Å². The van der Waals surface area contributed by atoms with Crippen LogP contribution in [-0.2, 0) is 6.54 Å². The second-order valence-corrected chi connectivity index (χ2v) is 4.72. The summed E-state index contributed by atoms with van der Waals surface area (Å²) in [7, 11) is 1.62. The van der Waals surface area contributed by atoms with Crippen LogP contribution in [0, 0.1) is 0 Å².